The first kappa shape index (κ1) is 19.3. The summed E-state index contributed by atoms with van der Waals surface area (Å²) in [4.78, 5) is 10.8. The van der Waals surface area contributed by atoms with Crippen molar-refractivity contribution in [3.63, 3.8) is 0 Å². The number of hydrogen-bond acceptors (Lipinski definition) is 1. The third kappa shape index (κ3) is 2.99. The second-order valence-electron chi connectivity index (χ2n) is 10.6. The summed E-state index contributed by atoms with van der Waals surface area (Å²) in [5.74, 6) is 3.88. The maximum atomic E-state index is 11.2. The van der Waals surface area contributed by atoms with E-state index in [1.807, 2.05) is 0 Å². The summed E-state index contributed by atoms with van der Waals surface area (Å²) in [6.45, 7) is 5.23. The molecule has 0 aromatic carbocycles. The van der Waals surface area contributed by atoms with Crippen molar-refractivity contribution in [1.29, 1.82) is 0 Å². The fraction of sp³-hybridized carbons (Fsp3) is 0.957. The Morgan fingerprint density at radius 3 is 2.54 bits per heavy atom. The third-order valence-corrected chi connectivity index (χ3v) is 10.7. The van der Waals surface area contributed by atoms with E-state index in [4.69, 9.17) is 0 Å². The molecule has 0 aromatic rings. The molecule has 1 N–H and O–H groups in total. The van der Waals surface area contributed by atoms with Gasteiger partial charge in [0.15, 0.2) is 0 Å². The van der Waals surface area contributed by atoms with Gasteiger partial charge in [-0.25, -0.2) is 0 Å². The fourth-order valence-corrected chi connectivity index (χ4v) is 8.61. The Morgan fingerprint density at radius 2 is 1.77 bits per heavy atom. The van der Waals surface area contributed by atoms with Crippen molar-refractivity contribution in [2.24, 2.45) is 40.4 Å². The van der Waals surface area contributed by atoms with Crippen LogP contribution in [0.1, 0.15) is 90.9 Å². The van der Waals surface area contributed by atoms with E-state index in [9.17, 15) is 9.90 Å². The molecule has 4 aliphatic rings. The first-order valence-corrected chi connectivity index (χ1v) is 12.1. The molecule has 26 heavy (non-hydrogen) atoms. The minimum absolute atomic E-state index is 0.363. The maximum absolute atomic E-state index is 11.2. The number of carboxylic acid groups (broad SMARTS) is 1. The lowest BCUT2D eigenvalue weighted by Gasteiger charge is -2.60. The highest BCUT2D eigenvalue weighted by atomic mass is 79.9. The minimum Gasteiger partial charge on any atom is -0.480 e. The Balaban J connectivity index is 1.48. The SMILES string of the molecule is CC12CCCCC1CCC1C2CCC2(C)C(CCC(Br)C(=O)O)CCC12. The Kier molecular flexibility index (Phi) is 5.25. The number of hydrogen-bond donors (Lipinski definition) is 1. The van der Waals surface area contributed by atoms with Crippen LogP contribution in [0.4, 0.5) is 0 Å². The van der Waals surface area contributed by atoms with Gasteiger partial charge in [-0.05, 0) is 105 Å². The van der Waals surface area contributed by atoms with Gasteiger partial charge in [0, 0.05) is 0 Å². The van der Waals surface area contributed by atoms with Crippen LogP contribution in [0, 0.1) is 40.4 Å². The van der Waals surface area contributed by atoms with E-state index in [1.54, 1.807) is 0 Å². The molecule has 4 rings (SSSR count). The summed E-state index contributed by atoms with van der Waals surface area (Å²) in [6.07, 6.45) is 16.3. The molecule has 3 heteroatoms. The van der Waals surface area contributed by atoms with Crippen molar-refractivity contribution in [2.75, 3.05) is 0 Å². The van der Waals surface area contributed by atoms with Gasteiger partial charge >= 0.3 is 5.97 Å². The molecule has 4 fully saturated rings. The number of fused-ring (bicyclic) bond motifs is 5. The first-order chi connectivity index (χ1) is 12.4. The summed E-state index contributed by atoms with van der Waals surface area (Å²) in [7, 11) is 0. The van der Waals surface area contributed by atoms with E-state index in [0.717, 1.165) is 42.4 Å². The van der Waals surface area contributed by atoms with Gasteiger partial charge in [-0.3, -0.25) is 4.79 Å². The zero-order chi connectivity index (χ0) is 18.5. The highest BCUT2D eigenvalue weighted by molar-refractivity contribution is 9.10. The van der Waals surface area contributed by atoms with E-state index in [2.05, 4.69) is 29.8 Å². The predicted octanol–water partition coefficient (Wildman–Crippen LogP) is 6.66. The lowest BCUT2D eigenvalue weighted by molar-refractivity contribution is -0.136. The largest absolute Gasteiger partial charge is 0.480 e. The van der Waals surface area contributed by atoms with E-state index >= 15 is 0 Å². The Morgan fingerprint density at radius 1 is 1.00 bits per heavy atom. The molecule has 8 atom stereocenters. The van der Waals surface area contributed by atoms with Crippen molar-refractivity contribution in [1.82, 2.24) is 0 Å². The minimum atomic E-state index is -0.697. The zero-order valence-corrected chi connectivity index (χ0v) is 18.3. The van der Waals surface area contributed by atoms with Gasteiger partial charge in [0.1, 0.15) is 4.83 Å². The molecule has 0 heterocycles. The zero-order valence-electron chi connectivity index (χ0n) is 16.7. The summed E-state index contributed by atoms with van der Waals surface area (Å²) < 4.78 is 0. The van der Waals surface area contributed by atoms with E-state index in [-0.39, 0.29) is 4.83 Å². The van der Waals surface area contributed by atoms with Crippen molar-refractivity contribution in [3.05, 3.63) is 0 Å². The summed E-state index contributed by atoms with van der Waals surface area (Å²) in [5, 5.41) is 9.20. The summed E-state index contributed by atoms with van der Waals surface area (Å²) >= 11 is 3.36. The first-order valence-electron chi connectivity index (χ1n) is 11.2. The molecule has 8 unspecified atom stereocenters. The van der Waals surface area contributed by atoms with Crippen LogP contribution in [0.25, 0.3) is 0 Å². The van der Waals surface area contributed by atoms with Crippen molar-refractivity contribution in [3.8, 4) is 0 Å². The number of carboxylic acids is 1. The molecular formula is C23H37BrO2. The van der Waals surface area contributed by atoms with Gasteiger partial charge in [-0.1, -0.05) is 42.6 Å². The summed E-state index contributed by atoms with van der Waals surface area (Å²) in [5.41, 5.74) is 1.11. The number of carbonyl (C=O) groups is 1. The quantitative estimate of drug-likeness (QED) is 0.511. The molecule has 0 spiro atoms. The molecule has 0 aromatic heterocycles. The molecular weight excluding hydrogens is 388 g/mol. The number of alkyl halides is 1. The molecule has 4 aliphatic carbocycles. The van der Waals surface area contributed by atoms with E-state index in [1.165, 1.54) is 64.2 Å². The van der Waals surface area contributed by atoms with Crippen LogP contribution in [0.5, 0.6) is 0 Å². The number of aliphatic carboxylic acids is 1. The molecule has 0 bridgehead atoms. The number of halogens is 1. The van der Waals surface area contributed by atoms with Crippen LogP contribution in [-0.2, 0) is 4.79 Å². The topological polar surface area (TPSA) is 37.3 Å². The maximum Gasteiger partial charge on any atom is 0.317 e. The van der Waals surface area contributed by atoms with Crippen LogP contribution < -0.4 is 0 Å². The molecule has 0 amide bonds. The van der Waals surface area contributed by atoms with Crippen LogP contribution in [0.2, 0.25) is 0 Å². The third-order valence-electron chi connectivity index (χ3n) is 9.82. The van der Waals surface area contributed by atoms with Gasteiger partial charge in [-0.2, -0.15) is 0 Å². The van der Waals surface area contributed by atoms with E-state index in [0.29, 0.717) is 10.8 Å². The lowest BCUT2D eigenvalue weighted by atomic mass is 9.45. The fourth-order valence-electron chi connectivity index (χ4n) is 8.35. The Hall–Kier alpha value is -0.0500. The van der Waals surface area contributed by atoms with Gasteiger partial charge in [0.05, 0.1) is 0 Å². The molecule has 0 radical (unpaired) electrons. The standard InChI is InChI=1S/C23H37BrO2/c1-22-13-4-3-5-15(22)6-9-17-18-10-7-16(8-11-20(24)21(25)26)23(18,2)14-12-19(17)22/h15-20H,3-14H2,1-2H3,(H,25,26). The highest BCUT2D eigenvalue weighted by Crippen LogP contribution is 2.67. The van der Waals surface area contributed by atoms with Gasteiger partial charge in [0.2, 0.25) is 0 Å². The van der Waals surface area contributed by atoms with Crippen molar-refractivity contribution < 1.29 is 9.90 Å². The van der Waals surface area contributed by atoms with Gasteiger partial charge < -0.3 is 5.11 Å². The van der Waals surface area contributed by atoms with Gasteiger partial charge in [0.25, 0.3) is 0 Å². The van der Waals surface area contributed by atoms with Crippen LogP contribution in [0.15, 0.2) is 0 Å². The molecule has 4 saturated carbocycles. The van der Waals surface area contributed by atoms with Crippen LogP contribution >= 0.6 is 15.9 Å². The van der Waals surface area contributed by atoms with E-state index < -0.39 is 5.97 Å². The second-order valence-corrected chi connectivity index (χ2v) is 11.7. The molecule has 0 saturated heterocycles. The monoisotopic (exact) mass is 424 g/mol. The van der Waals surface area contributed by atoms with Crippen molar-refractivity contribution in [2.45, 2.75) is 95.7 Å². The molecule has 148 valence electrons. The Bertz CT molecular complexity index is 548. The van der Waals surface area contributed by atoms with Crippen molar-refractivity contribution >= 4 is 21.9 Å². The average Bonchev–Trinajstić information content (AvgIpc) is 2.95. The average molecular weight is 425 g/mol. The lowest BCUT2D eigenvalue weighted by Crippen LogP contribution is -2.52. The number of rotatable bonds is 4. The van der Waals surface area contributed by atoms with Gasteiger partial charge in [-0.15, -0.1) is 0 Å². The normalized spacial score (nSPS) is 49.0. The molecule has 0 aliphatic heterocycles. The smallest absolute Gasteiger partial charge is 0.317 e. The second kappa shape index (κ2) is 7.08. The highest BCUT2D eigenvalue weighted by Gasteiger charge is 2.59. The van der Waals surface area contributed by atoms with Crippen LogP contribution in [-0.4, -0.2) is 15.9 Å². The predicted molar refractivity (Wildman–Crippen MR) is 109 cm³/mol. The Labute approximate surface area is 168 Å². The summed E-state index contributed by atoms with van der Waals surface area (Å²) in [6, 6.07) is 0. The molecule has 2 nitrogen and oxygen atoms in total. The van der Waals surface area contributed by atoms with Crippen LogP contribution in [0.3, 0.4) is 0 Å².